The maximum absolute atomic E-state index is 6.81. The second-order valence-electron chi connectivity index (χ2n) is 12.9. The maximum Gasteiger partial charge on any atom is 0.132 e. The van der Waals surface area contributed by atoms with Gasteiger partial charge in [0.2, 0.25) is 0 Å². The van der Waals surface area contributed by atoms with Gasteiger partial charge >= 0.3 is 0 Å². The number of aromatic nitrogens is 2. The fourth-order valence-corrected chi connectivity index (χ4v) is 8.11. The summed E-state index contributed by atoms with van der Waals surface area (Å²) in [6.45, 7) is 0. The molecule has 0 N–H and O–H groups in total. The molecule has 1 aromatic heterocycles. The highest BCUT2D eigenvalue weighted by Crippen LogP contribution is 2.62. The number of rotatable bonds is 4. The van der Waals surface area contributed by atoms with Crippen LogP contribution in [-0.2, 0) is 5.41 Å². The Bertz CT molecular complexity index is 2530. The van der Waals surface area contributed by atoms with Crippen LogP contribution in [0, 0.1) is 0 Å². The van der Waals surface area contributed by atoms with Crippen molar-refractivity contribution < 1.29 is 4.74 Å². The van der Waals surface area contributed by atoms with E-state index in [9.17, 15) is 0 Å². The van der Waals surface area contributed by atoms with E-state index in [0.29, 0.717) is 0 Å². The van der Waals surface area contributed by atoms with Crippen molar-refractivity contribution in [1.82, 2.24) is 10.2 Å². The Morgan fingerprint density at radius 1 is 0.320 bits per heavy atom. The van der Waals surface area contributed by atoms with Gasteiger partial charge in [-0.2, -0.15) is 0 Å². The van der Waals surface area contributed by atoms with Gasteiger partial charge in [-0.15, -0.1) is 10.2 Å². The lowest BCUT2D eigenvalue weighted by Gasteiger charge is -2.39. The van der Waals surface area contributed by atoms with Gasteiger partial charge in [0.05, 0.1) is 16.8 Å². The molecule has 1 aliphatic heterocycles. The topological polar surface area (TPSA) is 35.0 Å². The lowest BCUT2D eigenvalue weighted by molar-refractivity contribution is 0.436. The van der Waals surface area contributed by atoms with E-state index in [-0.39, 0.29) is 0 Å². The third kappa shape index (κ3) is 4.23. The van der Waals surface area contributed by atoms with Gasteiger partial charge in [0, 0.05) is 22.3 Å². The molecule has 0 amide bonds. The monoisotopic (exact) mass is 638 g/mol. The molecule has 0 saturated carbocycles. The molecule has 2 heterocycles. The molecule has 0 atom stereocenters. The van der Waals surface area contributed by atoms with Crippen molar-refractivity contribution >= 4 is 0 Å². The molecule has 0 bridgehead atoms. The fraction of sp³-hybridized carbons (Fsp3) is 0.0213. The van der Waals surface area contributed by atoms with E-state index < -0.39 is 5.41 Å². The summed E-state index contributed by atoms with van der Waals surface area (Å²) in [4.78, 5) is 0. The van der Waals surface area contributed by atoms with Crippen molar-refractivity contribution in [3.05, 3.63) is 204 Å². The number of hydrogen-bond donors (Lipinski definition) is 0. The van der Waals surface area contributed by atoms with E-state index in [1.54, 1.807) is 0 Å². The molecule has 2 aliphatic rings. The highest BCUT2D eigenvalue weighted by atomic mass is 16.5. The third-order valence-corrected chi connectivity index (χ3v) is 10.3. The third-order valence-electron chi connectivity index (χ3n) is 10.3. The fourth-order valence-electron chi connectivity index (χ4n) is 8.11. The van der Waals surface area contributed by atoms with Crippen LogP contribution in [-0.4, -0.2) is 10.2 Å². The van der Waals surface area contributed by atoms with Crippen LogP contribution in [0.5, 0.6) is 11.5 Å². The summed E-state index contributed by atoms with van der Waals surface area (Å²) in [7, 11) is 0. The summed E-state index contributed by atoms with van der Waals surface area (Å²) in [6.07, 6.45) is 0. The molecule has 7 aromatic carbocycles. The molecule has 0 fully saturated rings. The van der Waals surface area contributed by atoms with Crippen LogP contribution >= 0.6 is 0 Å². The number of ether oxygens (including phenoxy) is 1. The molecule has 3 nitrogen and oxygen atoms in total. The van der Waals surface area contributed by atoms with Crippen molar-refractivity contribution in [2.45, 2.75) is 5.41 Å². The van der Waals surface area contributed by atoms with Gasteiger partial charge < -0.3 is 4.74 Å². The summed E-state index contributed by atoms with van der Waals surface area (Å²) in [6, 6.07) is 64.4. The predicted molar refractivity (Wildman–Crippen MR) is 201 cm³/mol. The van der Waals surface area contributed by atoms with E-state index in [1.165, 1.54) is 27.8 Å². The molecule has 234 valence electrons. The average Bonchev–Trinajstić information content (AvgIpc) is 3.49. The Morgan fingerprint density at radius 3 is 1.50 bits per heavy atom. The zero-order valence-electron chi connectivity index (χ0n) is 27.1. The Kier molecular flexibility index (Phi) is 6.40. The van der Waals surface area contributed by atoms with E-state index in [2.05, 4.69) is 162 Å². The molecular weight excluding hydrogens is 609 g/mol. The summed E-state index contributed by atoms with van der Waals surface area (Å²) in [5.74, 6) is 1.77. The van der Waals surface area contributed by atoms with Gasteiger partial charge in [0.25, 0.3) is 0 Å². The van der Waals surface area contributed by atoms with E-state index in [0.717, 1.165) is 61.8 Å². The molecular formula is C47H30N2O. The van der Waals surface area contributed by atoms with Gasteiger partial charge in [-0.05, 0) is 74.8 Å². The zero-order valence-corrected chi connectivity index (χ0v) is 27.1. The molecule has 50 heavy (non-hydrogen) atoms. The number of para-hydroxylation sites is 1. The minimum atomic E-state index is -0.471. The number of benzene rings is 7. The van der Waals surface area contributed by atoms with Crippen molar-refractivity contribution in [2.75, 3.05) is 0 Å². The van der Waals surface area contributed by atoms with Gasteiger partial charge in [0.15, 0.2) is 0 Å². The highest BCUT2D eigenvalue weighted by molar-refractivity contribution is 5.90. The Morgan fingerprint density at radius 2 is 0.820 bits per heavy atom. The smallest absolute Gasteiger partial charge is 0.132 e. The van der Waals surface area contributed by atoms with Crippen molar-refractivity contribution in [3.63, 3.8) is 0 Å². The van der Waals surface area contributed by atoms with E-state index >= 15 is 0 Å². The first kappa shape index (κ1) is 28.4. The van der Waals surface area contributed by atoms with Gasteiger partial charge in [-0.3, -0.25) is 0 Å². The van der Waals surface area contributed by atoms with Crippen molar-refractivity contribution in [3.8, 4) is 67.4 Å². The van der Waals surface area contributed by atoms with Crippen LogP contribution in [0.4, 0.5) is 0 Å². The van der Waals surface area contributed by atoms with Crippen molar-refractivity contribution in [2.24, 2.45) is 0 Å². The van der Waals surface area contributed by atoms with Crippen LogP contribution in [0.1, 0.15) is 22.3 Å². The Labute approximate surface area is 291 Å². The van der Waals surface area contributed by atoms with Crippen LogP contribution in [0.15, 0.2) is 182 Å². The summed E-state index contributed by atoms with van der Waals surface area (Å²) >= 11 is 0. The SMILES string of the molecule is c1ccc(-c2ccc(-c3cccc(-c4ccccc4-c4ccc5c(c4)Oc4ccccc4C54c5ccccc5-c5ccccc54)c3)nn2)cc1. The predicted octanol–water partition coefficient (Wildman–Crippen LogP) is 11.6. The van der Waals surface area contributed by atoms with Crippen LogP contribution in [0.3, 0.4) is 0 Å². The summed E-state index contributed by atoms with van der Waals surface area (Å²) in [5, 5.41) is 9.15. The lowest BCUT2D eigenvalue weighted by atomic mass is 9.66. The standard InChI is InChI=1S/C47H30N2O/c1-2-13-31(14-3-1)43-27-28-44(49-48-43)34-16-12-15-32(29-34)35-17-4-5-18-36(35)33-25-26-42-46(30-33)50-45-24-11-10-23-41(45)47(42)39-21-8-6-19-37(39)38-20-7-9-22-40(38)47/h1-30H. The van der Waals surface area contributed by atoms with E-state index in [1.807, 2.05) is 30.3 Å². The van der Waals surface area contributed by atoms with Gasteiger partial charge in [-0.25, -0.2) is 0 Å². The Balaban J connectivity index is 1.09. The summed E-state index contributed by atoms with van der Waals surface area (Å²) in [5.41, 5.74) is 15.3. The first-order chi connectivity index (χ1) is 24.8. The van der Waals surface area contributed by atoms with Gasteiger partial charge in [-0.1, -0.05) is 152 Å². The van der Waals surface area contributed by atoms with Crippen LogP contribution in [0.25, 0.3) is 55.9 Å². The molecule has 10 rings (SSSR count). The minimum absolute atomic E-state index is 0.471. The average molecular weight is 639 g/mol. The molecule has 3 heteroatoms. The molecule has 1 spiro atoms. The maximum atomic E-state index is 6.81. The first-order valence-electron chi connectivity index (χ1n) is 17.0. The molecule has 0 unspecified atom stereocenters. The minimum Gasteiger partial charge on any atom is -0.457 e. The molecule has 1 aliphatic carbocycles. The zero-order chi connectivity index (χ0) is 33.1. The lowest BCUT2D eigenvalue weighted by Crippen LogP contribution is -2.32. The second kappa shape index (κ2) is 11.3. The Hall–Kier alpha value is -6.58. The van der Waals surface area contributed by atoms with Crippen LogP contribution < -0.4 is 4.74 Å². The van der Waals surface area contributed by atoms with Crippen LogP contribution in [0.2, 0.25) is 0 Å². The molecule has 0 radical (unpaired) electrons. The quantitative estimate of drug-likeness (QED) is 0.192. The van der Waals surface area contributed by atoms with E-state index in [4.69, 9.17) is 4.74 Å². The largest absolute Gasteiger partial charge is 0.457 e. The highest BCUT2D eigenvalue weighted by Gasteiger charge is 2.50. The number of fused-ring (bicyclic) bond motifs is 9. The van der Waals surface area contributed by atoms with Gasteiger partial charge in [0.1, 0.15) is 11.5 Å². The number of hydrogen-bond acceptors (Lipinski definition) is 3. The first-order valence-corrected chi connectivity index (χ1v) is 17.0. The second-order valence-corrected chi connectivity index (χ2v) is 12.9. The number of nitrogens with zero attached hydrogens (tertiary/aromatic N) is 2. The summed E-state index contributed by atoms with van der Waals surface area (Å²) < 4.78 is 6.81. The molecule has 8 aromatic rings. The molecule has 0 saturated heterocycles. The van der Waals surface area contributed by atoms with Crippen molar-refractivity contribution in [1.29, 1.82) is 0 Å². The normalized spacial score (nSPS) is 13.1.